The van der Waals surface area contributed by atoms with Crippen LogP contribution in [0.5, 0.6) is 0 Å². The highest BCUT2D eigenvalue weighted by Gasteiger charge is 2.46. The van der Waals surface area contributed by atoms with Gasteiger partial charge in [-0.2, -0.15) is 0 Å². The van der Waals surface area contributed by atoms with Crippen LogP contribution in [0.4, 0.5) is 16.3 Å². The van der Waals surface area contributed by atoms with Crippen molar-refractivity contribution in [3.05, 3.63) is 47.9 Å². The number of carboxylic acid groups (broad SMARTS) is 1. The molecule has 2 N–H and O–H groups in total. The van der Waals surface area contributed by atoms with E-state index in [1.54, 1.807) is 6.33 Å². The van der Waals surface area contributed by atoms with E-state index in [1.165, 1.54) is 16.2 Å². The summed E-state index contributed by atoms with van der Waals surface area (Å²) in [5.74, 6) is 0.920. The fourth-order valence-electron chi connectivity index (χ4n) is 4.68. The third-order valence-electron chi connectivity index (χ3n) is 6.12. The molecule has 0 aliphatic carbocycles. The van der Waals surface area contributed by atoms with Gasteiger partial charge in [-0.25, -0.2) is 14.8 Å². The van der Waals surface area contributed by atoms with Crippen molar-refractivity contribution in [2.24, 2.45) is 0 Å². The van der Waals surface area contributed by atoms with E-state index >= 15 is 0 Å². The van der Waals surface area contributed by atoms with Crippen LogP contribution < -0.4 is 4.90 Å². The first-order valence-corrected chi connectivity index (χ1v) is 9.23. The molecule has 7 heteroatoms. The number of aromatic amines is 1. The number of hydrogen-bond donors (Lipinski definition) is 2. The molecule has 3 aromatic rings. The summed E-state index contributed by atoms with van der Waals surface area (Å²) in [6.45, 7) is 4.02. The molecule has 138 valence electrons. The van der Waals surface area contributed by atoms with Crippen molar-refractivity contribution in [2.75, 3.05) is 24.5 Å². The Morgan fingerprint density at radius 2 is 2.00 bits per heavy atom. The number of likely N-dealkylation sites (tertiary alicyclic amines) is 1. The van der Waals surface area contributed by atoms with Crippen LogP contribution in [-0.2, 0) is 5.41 Å². The summed E-state index contributed by atoms with van der Waals surface area (Å²) in [7, 11) is 0. The molecule has 1 spiro atoms. The van der Waals surface area contributed by atoms with Crippen molar-refractivity contribution in [3.63, 3.8) is 0 Å². The van der Waals surface area contributed by atoms with E-state index in [1.807, 2.05) is 6.20 Å². The number of nitrogens with one attached hydrogen (secondary N) is 1. The summed E-state index contributed by atoms with van der Waals surface area (Å²) in [5.41, 5.74) is 4.40. The van der Waals surface area contributed by atoms with Crippen molar-refractivity contribution < 1.29 is 9.90 Å². The lowest BCUT2D eigenvalue weighted by atomic mass is 9.74. The highest BCUT2D eigenvalue weighted by Crippen LogP contribution is 2.50. The average Bonchev–Trinajstić information content (AvgIpc) is 3.22. The predicted molar refractivity (Wildman–Crippen MR) is 103 cm³/mol. The Hall–Kier alpha value is -3.09. The van der Waals surface area contributed by atoms with Gasteiger partial charge in [0.25, 0.3) is 0 Å². The third-order valence-corrected chi connectivity index (χ3v) is 6.12. The number of amides is 1. The van der Waals surface area contributed by atoms with E-state index in [2.05, 4.69) is 51.0 Å². The number of nitrogens with zero attached hydrogens (tertiary/aromatic N) is 4. The molecule has 0 unspecified atom stereocenters. The van der Waals surface area contributed by atoms with Gasteiger partial charge in [0, 0.05) is 36.9 Å². The molecule has 1 amide bonds. The number of fused-ring (bicyclic) bond motifs is 3. The van der Waals surface area contributed by atoms with Crippen LogP contribution in [-0.4, -0.2) is 50.7 Å². The highest BCUT2D eigenvalue weighted by atomic mass is 16.4. The normalized spacial score (nSPS) is 18.3. The molecular weight excluding hydrogens is 342 g/mol. The van der Waals surface area contributed by atoms with Crippen molar-refractivity contribution in [3.8, 4) is 0 Å². The fourth-order valence-corrected chi connectivity index (χ4v) is 4.68. The minimum absolute atomic E-state index is 0.0377. The van der Waals surface area contributed by atoms with Crippen molar-refractivity contribution in [1.29, 1.82) is 0 Å². The smallest absolute Gasteiger partial charge is 0.407 e. The molecule has 0 radical (unpaired) electrons. The third kappa shape index (κ3) is 2.31. The van der Waals surface area contributed by atoms with Gasteiger partial charge in [0.15, 0.2) is 0 Å². The van der Waals surface area contributed by atoms with Gasteiger partial charge in [-0.3, -0.25) is 0 Å². The van der Waals surface area contributed by atoms with E-state index < -0.39 is 6.09 Å². The Morgan fingerprint density at radius 3 is 2.78 bits per heavy atom. The largest absolute Gasteiger partial charge is 0.465 e. The predicted octanol–water partition coefficient (Wildman–Crippen LogP) is 3.43. The molecule has 2 aliphatic heterocycles. The number of aromatic nitrogens is 3. The minimum atomic E-state index is -0.826. The van der Waals surface area contributed by atoms with E-state index in [4.69, 9.17) is 0 Å². The molecular formula is C20H21N5O2. The number of H-pyrrole nitrogens is 1. The highest BCUT2D eigenvalue weighted by molar-refractivity contribution is 5.93. The molecule has 2 aromatic heterocycles. The van der Waals surface area contributed by atoms with Crippen LogP contribution in [0.15, 0.2) is 36.8 Å². The summed E-state index contributed by atoms with van der Waals surface area (Å²) < 4.78 is 0. The molecule has 2 aliphatic rings. The van der Waals surface area contributed by atoms with Crippen molar-refractivity contribution >= 4 is 28.6 Å². The maximum Gasteiger partial charge on any atom is 0.407 e. The second-order valence-electron chi connectivity index (χ2n) is 7.55. The van der Waals surface area contributed by atoms with E-state index in [-0.39, 0.29) is 5.41 Å². The van der Waals surface area contributed by atoms with E-state index in [0.717, 1.165) is 41.8 Å². The lowest BCUT2D eigenvalue weighted by Crippen LogP contribution is -2.46. The van der Waals surface area contributed by atoms with E-state index in [9.17, 15) is 9.90 Å². The lowest BCUT2D eigenvalue weighted by molar-refractivity contribution is 0.119. The molecule has 1 fully saturated rings. The van der Waals surface area contributed by atoms with Crippen molar-refractivity contribution in [2.45, 2.75) is 25.2 Å². The first-order chi connectivity index (χ1) is 13.1. The SMILES string of the molecule is Cc1c[nH]c2ncnc(N3CC4(CCN(C(=O)O)CC4)c4ccccc43)c12. The zero-order chi connectivity index (χ0) is 18.6. The maximum atomic E-state index is 11.3. The number of rotatable bonds is 1. The quantitative estimate of drug-likeness (QED) is 0.692. The van der Waals surface area contributed by atoms with Crippen LogP contribution in [0.3, 0.4) is 0 Å². The number of carbonyl (C=O) groups is 1. The van der Waals surface area contributed by atoms with Gasteiger partial charge in [-0.15, -0.1) is 0 Å². The molecule has 0 saturated carbocycles. The maximum absolute atomic E-state index is 11.3. The van der Waals surface area contributed by atoms with Crippen LogP contribution in [0.2, 0.25) is 0 Å². The summed E-state index contributed by atoms with van der Waals surface area (Å²) in [5, 5.41) is 10.4. The van der Waals surface area contributed by atoms with Gasteiger partial charge in [-0.1, -0.05) is 18.2 Å². The van der Waals surface area contributed by atoms with Crippen LogP contribution in [0.25, 0.3) is 11.0 Å². The Morgan fingerprint density at radius 1 is 1.22 bits per heavy atom. The van der Waals surface area contributed by atoms with Crippen LogP contribution in [0.1, 0.15) is 24.0 Å². The molecule has 1 saturated heterocycles. The van der Waals surface area contributed by atoms with Crippen LogP contribution in [0, 0.1) is 6.92 Å². The topological polar surface area (TPSA) is 85.4 Å². The first-order valence-electron chi connectivity index (χ1n) is 9.23. The molecule has 5 rings (SSSR count). The zero-order valence-corrected chi connectivity index (χ0v) is 15.1. The number of anilines is 2. The second-order valence-corrected chi connectivity index (χ2v) is 7.55. The Bertz CT molecular complexity index is 1040. The zero-order valence-electron chi connectivity index (χ0n) is 15.1. The van der Waals surface area contributed by atoms with Gasteiger partial charge in [0.1, 0.15) is 17.8 Å². The molecule has 0 atom stereocenters. The first kappa shape index (κ1) is 16.1. The Balaban J connectivity index is 1.60. The second kappa shape index (κ2) is 5.70. The Labute approximate surface area is 156 Å². The van der Waals surface area contributed by atoms with Gasteiger partial charge < -0.3 is 19.9 Å². The summed E-state index contributed by atoms with van der Waals surface area (Å²) in [6.07, 6.45) is 4.40. The number of aryl methyl sites for hydroxylation is 1. The molecule has 4 heterocycles. The van der Waals surface area contributed by atoms with E-state index in [0.29, 0.717) is 13.1 Å². The van der Waals surface area contributed by atoms with Gasteiger partial charge in [0.05, 0.1) is 5.39 Å². The lowest BCUT2D eigenvalue weighted by Gasteiger charge is -2.38. The fraction of sp³-hybridized carbons (Fsp3) is 0.350. The summed E-state index contributed by atoms with van der Waals surface area (Å²) in [6, 6.07) is 8.46. The van der Waals surface area contributed by atoms with Gasteiger partial charge in [0.2, 0.25) is 0 Å². The number of hydrogen-bond acceptors (Lipinski definition) is 4. The summed E-state index contributed by atoms with van der Waals surface area (Å²) >= 11 is 0. The molecule has 7 nitrogen and oxygen atoms in total. The number of para-hydroxylation sites is 1. The molecule has 1 aromatic carbocycles. The van der Waals surface area contributed by atoms with Gasteiger partial charge in [-0.05, 0) is 37.0 Å². The Kier molecular flexibility index (Phi) is 3.40. The molecule has 0 bridgehead atoms. The van der Waals surface area contributed by atoms with Crippen LogP contribution >= 0.6 is 0 Å². The number of benzene rings is 1. The standard InChI is InChI=1S/C20H21N5O2/c1-13-10-21-17-16(13)18(23-12-22-17)25-11-20(14-4-2-3-5-15(14)25)6-8-24(9-7-20)19(26)27/h2-5,10,12H,6-9,11H2,1H3,(H,26,27)(H,21,22,23). The van der Waals surface area contributed by atoms with Crippen molar-refractivity contribution in [1.82, 2.24) is 19.9 Å². The number of piperidine rings is 1. The average molecular weight is 363 g/mol. The monoisotopic (exact) mass is 363 g/mol. The summed E-state index contributed by atoms with van der Waals surface area (Å²) in [4.78, 5) is 27.4. The van der Waals surface area contributed by atoms with Gasteiger partial charge >= 0.3 is 6.09 Å². The molecule has 27 heavy (non-hydrogen) atoms. The minimum Gasteiger partial charge on any atom is -0.465 e.